The Morgan fingerprint density at radius 1 is 1.24 bits per heavy atom. The standard InChI is InChI=1S/C14H16F2N2O3/c1-18(8-4-2-3-5-8)14(21)17-12-6-9(13(19)20)10(15)7-11(12)16/h6-8H,2-5H2,1H3,(H,17,21)(H,19,20). The quantitative estimate of drug-likeness (QED) is 0.901. The number of aromatic carboxylic acids is 1. The maximum absolute atomic E-state index is 13.6. The van der Waals surface area contributed by atoms with Gasteiger partial charge in [-0.2, -0.15) is 0 Å². The third-order valence-electron chi connectivity index (χ3n) is 3.72. The minimum Gasteiger partial charge on any atom is -0.478 e. The monoisotopic (exact) mass is 298 g/mol. The zero-order valence-electron chi connectivity index (χ0n) is 11.5. The molecule has 1 aliphatic carbocycles. The fourth-order valence-corrected chi connectivity index (χ4v) is 2.47. The molecular weight excluding hydrogens is 282 g/mol. The molecule has 5 nitrogen and oxygen atoms in total. The number of carbonyl (C=O) groups is 2. The Hall–Kier alpha value is -2.18. The summed E-state index contributed by atoms with van der Waals surface area (Å²) in [5.74, 6) is -3.71. The van der Waals surface area contributed by atoms with Gasteiger partial charge >= 0.3 is 12.0 Å². The van der Waals surface area contributed by atoms with Crippen LogP contribution in [-0.4, -0.2) is 35.1 Å². The van der Waals surface area contributed by atoms with Gasteiger partial charge in [0.1, 0.15) is 11.6 Å². The number of halogens is 2. The van der Waals surface area contributed by atoms with E-state index in [-0.39, 0.29) is 11.7 Å². The number of nitrogens with zero attached hydrogens (tertiary/aromatic N) is 1. The molecule has 2 N–H and O–H groups in total. The lowest BCUT2D eigenvalue weighted by Gasteiger charge is -2.24. The van der Waals surface area contributed by atoms with Crippen molar-refractivity contribution in [2.75, 3.05) is 12.4 Å². The highest BCUT2D eigenvalue weighted by Crippen LogP contribution is 2.24. The van der Waals surface area contributed by atoms with E-state index in [0.29, 0.717) is 6.07 Å². The Bertz CT molecular complexity index is 572. The molecule has 2 rings (SSSR count). The molecule has 1 aromatic rings. The molecule has 0 aromatic heterocycles. The van der Waals surface area contributed by atoms with Crippen molar-refractivity contribution in [3.8, 4) is 0 Å². The first-order valence-electron chi connectivity index (χ1n) is 6.66. The summed E-state index contributed by atoms with van der Waals surface area (Å²) in [4.78, 5) is 24.3. The fraction of sp³-hybridized carbons (Fsp3) is 0.429. The zero-order valence-corrected chi connectivity index (χ0v) is 11.5. The number of amides is 2. The first kappa shape index (κ1) is 15.2. The summed E-state index contributed by atoms with van der Waals surface area (Å²) in [5.41, 5.74) is -1.03. The van der Waals surface area contributed by atoms with Crippen molar-refractivity contribution in [3.63, 3.8) is 0 Å². The van der Waals surface area contributed by atoms with E-state index >= 15 is 0 Å². The zero-order chi connectivity index (χ0) is 15.6. The lowest BCUT2D eigenvalue weighted by molar-refractivity contribution is 0.0691. The van der Waals surface area contributed by atoms with E-state index in [0.717, 1.165) is 31.7 Å². The van der Waals surface area contributed by atoms with Gasteiger partial charge in [0.05, 0.1) is 11.3 Å². The summed E-state index contributed by atoms with van der Waals surface area (Å²) in [6, 6.07) is 0.790. The van der Waals surface area contributed by atoms with E-state index in [1.807, 2.05) is 0 Å². The molecule has 0 aliphatic heterocycles. The van der Waals surface area contributed by atoms with E-state index in [2.05, 4.69) is 5.32 Å². The van der Waals surface area contributed by atoms with Crippen molar-refractivity contribution in [2.45, 2.75) is 31.7 Å². The van der Waals surface area contributed by atoms with Gasteiger partial charge in [-0.1, -0.05) is 12.8 Å². The highest BCUT2D eigenvalue weighted by atomic mass is 19.1. The number of rotatable bonds is 3. The number of hydrogen-bond donors (Lipinski definition) is 2. The van der Waals surface area contributed by atoms with Crippen LogP contribution in [0.3, 0.4) is 0 Å². The van der Waals surface area contributed by atoms with E-state index in [4.69, 9.17) is 5.11 Å². The molecule has 0 heterocycles. The van der Waals surface area contributed by atoms with E-state index in [9.17, 15) is 18.4 Å². The fourth-order valence-electron chi connectivity index (χ4n) is 2.47. The predicted molar refractivity (Wildman–Crippen MR) is 72.4 cm³/mol. The Balaban J connectivity index is 2.16. The first-order valence-corrected chi connectivity index (χ1v) is 6.66. The van der Waals surface area contributed by atoms with Crippen LogP contribution in [0.25, 0.3) is 0 Å². The molecule has 0 unspecified atom stereocenters. The normalized spacial score (nSPS) is 15.0. The van der Waals surface area contributed by atoms with E-state index < -0.39 is 29.2 Å². The summed E-state index contributed by atoms with van der Waals surface area (Å²) in [5, 5.41) is 11.1. The Morgan fingerprint density at radius 2 is 1.86 bits per heavy atom. The second-order valence-corrected chi connectivity index (χ2v) is 5.10. The highest BCUT2D eigenvalue weighted by Gasteiger charge is 2.24. The van der Waals surface area contributed by atoms with Crippen LogP contribution in [0.2, 0.25) is 0 Å². The van der Waals surface area contributed by atoms with Crippen molar-refractivity contribution >= 4 is 17.7 Å². The number of benzene rings is 1. The second-order valence-electron chi connectivity index (χ2n) is 5.10. The smallest absolute Gasteiger partial charge is 0.338 e. The molecule has 0 saturated heterocycles. The SMILES string of the molecule is CN(C(=O)Nc1cc(C(=O)O)c(F)cc1F)C1CCCC1. The van der Waals surface area contributed by atoms with Crippen molar-refractivity contribution < 1.29 is 23.5 Å². The summed E-state index contributed by atoms with van der Waals surface area (Å²) in [6.45, 7) is 0. The molecule has 7 heteroatoms. The average molecular weight is 298 g/mol. The maximum atomic E-state index is 13.6. The molecule has 1 aromatic carbocycles. The third kappa shape index (κ3) is 3.29. The van der Waals surface area contributed by atoms with Crippen molar-refractivity contribution in [1.29, 1.82) is 0 Å². The summed E-state index contributed by atoms with van der Waals surface area (Å²) in [6.07, 6.45) is 3.85. The molecule has 0 radical (unpaired) electrons. The van der Waals surface area contributed by atoms with Gasteiger partial charge in [-0.25, -0.2) is 18.4 Å². The first-order chi connectivity index (χ1) is 9.90. The van der Waals surface area contributed by atoms with Gasteiger partial charge in [-0.3, -0.25) is 0 Å². The molecular formula is C14H16F2N2O3. The van der Waals surface area contributed by atoms with Gasteiger partial charge in [0.15, 0.2) is 0 Å². The molecule has 1 fully saturated rings. The molecule has 0 bridgehead atoms. The largest absolute Gasteiger partial charge is 0.478 e. The summed E-state index contributed by atoms with van der Waals surface area (Å²) < 4.78 is 26.9. The van der Waals surface area contributed by atoms with Crippen LogP contribution >= 0.6 is 0 Å². The number of hydrogen-bond acceptors (Lipinski definition) is 2. The van der Waals surface area contributed by atoms with Gasteiger partial charge in [0.25, 0.3) is 0 Å². The highest BCUT2D eigenvalue weighted by molar-refractivity contribution is 5.93. The van der Waals surface area contributed by atoms with Gasteiger partial charge in [0, 0.05) is 19.2 Å². The minimum absolute atomic E-state index is 0.0902. The second kappa shape index (κ2) is 6.07. The van der Waals surface area contributed by atoms with E-state index in [1.165, 1.54) is 4.90 Å². The number of nitrogens with one attached hydrogen (secondary N) is 1. The predicted octanol–water partition coefficient (Wildman–Crippen LogP) is 3.07. The average Bonchev–Trinajstić information content (AvgIpc) is 2.94. The Labute approximate surface area is 120 Å². The number of carboxylic acid groups (broad SMARTS) is 1. The molecule has 2 amide bonds. The third-order valence-corrected chi connectivity index (χ3v) is 3.72. The van der Waals surface area contributed by atoms with Crippen LogP contribution in [-0.2, 0) is 0 Å². The van der Waals surface area contributed by atoms with Gasteiger partial charge in [-0.05, 0) is 18.9 Å². The Kier molecular flexibility index (Phi) is 4.40. The Morgan fingerprint density at radius 3 is 2.43 bits per heavy atom. The van der Waals surface area contributed by atoms with Crippen molar-refractivity contribution in [1.82, 2.24) is 4.90 Å². The summed E-state index contributed by atoms with van der Waals surface area (Å²) >= 11 is 0. The van der Waals surface area contributed by atoms with Crippen LogP contribution in [0.5, 0.6) is 0 Å². The van der Waals surface area contributed by atoms with Crippen molar-refractivity contribution in [2.24, 2.45) is 0 Å². The number of urea groups is 1. The summed E-state index contributed by atoms with van der Waals surface area (Å²) in [7, 11) is 1.60. The molecule has 1 aliphatic rings. The molecule has 0 spiro atoms. The van der Waals surface area contributed by atoms with Crippen LogP contribution in [0.15, 0.2) is 12.1 Å². The molecule has 1 saturated carbocycles. The number of carbonyl (C=O) groups excluding carboxylic acids is 1. The van der Waals surface area contributed by atoms with Crippen LogP contribution in [0.1, 0.15) is 36.0 Å². The number of carboxylic acids is 1. The lowest BCUT2D eigenvalue weighted by Crippen LogP contribution is -2.38. The number of anilines is 1. The molecule has 21 heavy (non-hydrogen) atoms. The lowest BCUT2D eigenvalue weighted by atomic mass is 10.1. The van der Waals surface area contributed by atoms with Crippen LogP contribution < -0.4 is 5.32 Å². The van der Waals surface area contributed by atoms with Gasteiger partial charge in [0.2, 0.25) is 0 Å². The molecule has 114 valence electrons. The van der Waals surface area contributed by atoms with E-state index in [1.54, 1.807) is 7.05 Å². The minimum atomic E-state index is -1.52. The maximum Gasteiger partial charge on any atom is 0.338 e. The molecule has 0 atom stereocenters. The van der Waals surface area contributed by atoms with Crippen LogP contribution in [0, 0.1) is 11.6 Å². The van der Waals surface area contributed by atoms with Crippen molar-refractivity contribution in [3.05, 3.63) is 29.3 Å². The van der Waals surface area contributed by atoms with Gasteiger partial charge in [-0.15, -0.1) is 0 Å². The van der Waals surface area contributed by atoms with Gasteiger partial charge < -0.3 is 15.3 Å². The van der Waals surface area contributed by atoms with Crippen LogP contribution in [0.4, 0.5) is 19.3 Å². The topological polar surface area (TPSA) is 69.6 Å².